The maximum absolute atomic E-state index is 8.68. The van der Waals surface area contributed by atoms with E-state index in [-0.39, 0.29) is 6.61 Å². The lowest BCUT2D eigenvalue weighted by molar-refractivity contribution is -0.732. The Balaban J connectivity index is 1.86. The molecule has 0 saturated heterocycles. The molecule has 4 nitrogen and oxygen atoms in total. The van der Waals surface area contributed by atoms with Gasteiger partial charge in [0, 0.05) is 10.6 Å². The number of halogens is 2. The first kappa shape index (κ1) is 16.3. The van der Waals surface area contributed by atoms with Crippen molar-refractivity contribution < 1.29 is 20.2 Å². The van der Waals surface area contributed by atoms with Crippen LogP contribution in [0.3, 0.4) is 0 Å². The average molecular weight is 331 g/mol. The minimum Gasteiger partial charge on any atom is -0.455 e. The number of hydrogen-bond acceptors (Lipinski definition) is 2. The minimum atomic E-state index is 0.226. The monoisotopic (exact) mass is 330 g/mol. The first-order valence-electron chi connectivity index (χ1n) is 6.99. The summed E-state index contributed by atoms with van der Waals surface area (Å²) in [6.07, 6.45) is 0. The number of rotatable bonds is 8. The van der Waals surface area contributed by atoms with E-state index in [9.17, 15) is 0 Å². The largest absolute Gasteiger partial charge is 0.455 e. The number of hydrogen-bond donors (Lipinski definition) is 3. The zero-order chi connectivity index (χ0) is 15.1. The van der Waals surface area contributed by atoms with Crippen LogP contribution < -0.4 is 10.6 Å². The van der Waals surface area contributed by atoms with E-state index in [1.54, 1.807) is 12.1 Å². The molecule has 0 fully saturated rings. The van der Waals surface area contributed by atoms with Gasteiger partial charge in [-0.05, 0) is 30.3 Å². The summed E-state index contributed by atoms with van der Waals surface area (Å²) in [7, 11) is 0. The maximum atomic E-state index is 8.68. The first-order chi connectivity index (χ1) is 10.2. The Bertz CT molecular complexity index is 573. The van der Waals surface area contributed by atoms with Crippen molar-refractivity contribution >= 4 is 23.2 Å². The van der Waals surface area contributed by atoms with E-state index in [1.165, 1.54) is 0 Å². The molecule has 6 heteroatoms. The Kier molecular flexibility index (Phi) is 6.54. The molecule has 0 spiro atoms. The van der Waals surface area contributed by atoms with Crippen LogP contribution in [0.4, 0.5) is 0 Å². The third-order valence-corrected chi connectivity index (χ3v) is 3.66. The quantitative estimate of drug-likeness (QED) is 0.629. The van der Waals surface area contributed by atoms with Crippen molar-refractivity contribution in [3.05, 3.63) is 46.1 Å². The van der Waals surface area contributed by atoms with Crippen molar-refractivity contribution in [3.63, 3.8) is 0 Å². The molecule has 2 aromatic rings. The van der Waals surface area contributed by atoms with Crippen molar-refractivity contribution in [2.75, 3.05) is 26.2 Å². The summed E-state index contributed by atoms with van der Waals surface area (Å²) in [5, 5.41) is 14.2. The van der Waals surface area contributed by atoms with Crippen LogP contribution in [0.2, 0.25) is 10.0 Å². The lowest BCUT2D eigenvalue weighted by Gasteiger charge is -2.02. The van der Waals surface area contributed by atoms with Crippen LogP contribution in [-0.4, -0.2) is 31.3 Å². The molecule has 0 atom stereocenters. The molecular formula is C15H20Cl2N2O2+2. The number of furan rings is 1. The van der Waals surface area contributed by atoms with E-state index in [0.717, 1.165) is 43.3 Å². The number of nitrogens with two attached hydrogens (primary N) is 2. The number of benzene rings is 1. The minimum absolute atomic E-state index is 0.226. The Morgan fingerprint density at radius 3 is 2.57 bits per heavy atom. The lowest BCUT2D eigenvalue weighted by Crippen LogP contribution is -2.94. The van der Waals surface area contributed by atoms with E-state index < -0.39 is 0 Å². The Labute approximate surface area is 134 Å². The highest BCUT2D eigenvalue weighted by molar-refractivity contribution is 6.36. The number of quaternary nitrogens is 2. The fraction of sp³-hybridized carbons (Fsp3) is 0.333. The van der Waals surface area contributed by atoms with Gasteiger partial charge in [0.15, 0.2) is 5.76 Å². The van der Waals surface area contributed by atoms with Crippen molar-refractivity contribution in [3.8, 4) is 11.3 Å². The zero-order valence-electron chi connectivity index (χ0n) is 11.7. The summed E-state index contributed by atoms with van der Waals surface area (Å²) in [4.78, 5) is 0. The molecule has 0 aliphatic carbocycles. The van der Waals surface area contributed by atoms with E-state index in [2.05, 4.69) is 10.6 Å². The lowest BCUT2D eigenvalue weighted by atomic mass is 10.2. The summed E-state index contributed by atoms with van der Waals surface area (Å²) in [5.41, 5.74) is 0.851. The zero-order valence-corrected chi connectivity index (χ0v) is 13.2. The van der Waals surface area contributed by atoms with Crippen molar-refractivity contribution in [1.29, 1.82) is 0 Å². The summed E-state index contributed by atoms with van der Waals surface area (Å²) in [6.45, 7) is 3.74. The highest BCUT2D eigenvalue weighted by atomic mass is 35.5. The van der Waals surface area contributed by atoms with Crippen LogP contribution in [0.15, 0.2) is 34.7 Å². The van der Waals surface area contributed by atoms with E-state index in [4.69, 9.17) is 32.7 Å². The summed E-state index contributed by atoms with van der Waals surface area (Å²) < 4.78 is 5.81. The second kappa shape index (κ2) is 8.41. The molecule has 1 heterocycles. The van der Waals surface area contributed by atoms with Gasteiger partial charge >= 0.3 is 0 Å². The van der Waals surface area contributed by atoms with Crippen molar-refractivity contribution in [2.45, 2.75) is 6.54 Å². The van der Waals surface area contributed by atoms with Gasteiger partial charge in [0.1, 0.15) is 25.4 Å². The first-order valence-corrected chi connectivity index (χ1v) is 7.74. The van der Waals surface area contributed by atoms with Gasteiger partial charge in [-0.15, -0.1) is 0 Å². The van der Waals surface area contributed by atoms with Gasteiger partial charge in [-0.25, -0.2) is 0 Å². The Morgan fingerprint density at radius 1 is 1.00 bits per heavy atom. The molecule has 0 amide bonds. The average Bonchev–Trinajstić information content (AvgIpc) is 2.91. The van der Waals surface area contributed by atoms with Crippen LogP contribution in [-0.2, 0) is 6.54 Å². The van der Waals surface area contributed by atoms with Crippen LogP contribution in [0, 0.1) is 0 Å². The fourth-order valence-corrected chi connectivity index (χ4v) is 2.54. The van der Waals surface area contributed by atoms with Gasteiger partial charge in [0.25, 0.3) is 0 Å². The SMILES string of the molecule is OCC[NH2+]CC[NH2+]Cc1ccc(-c2ccc(Cl)cc2Cl)o1. The number of aliphatic hydroxyl groups excluding tert-OH is 1. The molecule has 0 bridgehead atoms. The van der Waals surface area contributed by atoms with E-state index in [0.29, 0.717) is 10.0 Å². The topological polar surface area (TPSA) is 66.6 Å². The molecule has 0 aliphatic rings. The molecule has 0 aliphatic heterocycles. The predicted octanol–water partition coefficient (Wildman–Crippen LogP) is 0.873. The Morgan fingerprint density at radius 2 is 1.81 bits per heavy atom. The van der Waals surface area contributed by atoms with E-state index >= 15 is 0 Å². The molecule has 1 aromatic heterocycles. The van der Waals surface area contributed by atoms with Gasteiger partial charge in [0.05, 0.1) is 18.2 Å². The molecule has 0 radical (unpaired) electrons. The van der Waals surface area contributed by atoms with Gasteiger partial charge in [-0.3, -0.25) is 0 Å². The van der Waals surface area contributed by atoms with E-state index in [1.807, 2.05) is 18.2 Å². The fourth-order valence-electron chi connectivity index (χ4n) is 2.04. The Hall–Kier alpha value is -1.04. The van der Waals surface area contributed by atoms with Crippen LogP contribution >= 0.6 is 23.2 Å². The molecule has 0 saturated carbocycles. The molecular weight excluding hydrogens is 311 g/mol. The van der Waals surface area contributed by atoms with Crippen LogP contribution in [0.1, 0.15) is 5.76 Å². The maximum Gasteiger partial charge on any atom is 0.158 e. The highest BCUT2D eigenvalue weighted by Crippen LogP contribution is 2.31. The predicted molar refractivity (Wildman–Crippen MR) is 83.4 cm³/mol. The van der Waals surface area contributed by atoms with Crippen LogP contribution in [0.5, 0.6) is 0 Å². The molecule has 2 rings (SSSR count). The number of aliphatic hydroxyl groups is 1. The van der Waals surface area contributed by atoms with Crippen molar-refractivity contribution in [1.82, 2.24) is 0 Å². The van der Waals surface area contributed by atoms with Gasteiger partial charge in [0.2, 0.25) is 0 Å². The normalized spacial score (nSPS) is 11.0. The smallest absolute Gasteiger partial charge is 0.158 e. The summed E-state index contributed by atoms with van der Waals surface area (Å²) in [6, 6.07) is 9.27. The molecule has 21 heavy (non-hydrogen) atoms. The van der Waals surface area contributed by atoms with Crippen LogP contribution in [0.25, 0.3) is 11.3 Å². The summed E-state index contributed by atoms with van der Waals surface area (Å²) in [5.74, 6) is 1.67. The molecule has 0 unspecified atom stereocenters. The highest BCUT2D eigenvalue weighted by Gasteiger charge is 2.10. The molecule has 5 N–H and O–H groups in total. The second-order valence-corrected chi connectivity index (χ2v) is 5.60. The van der Waals surface area contributed by atoms with Gasteiger partial charge in [-0.1, -0.05) is 23.2 Å². The standard InChI is InChI=1S/C15H18Cl2N2O2/c16-11-1-3-13(14(17)9-11)15-4-2-12(21-15)10-19-6-5-18-7-8-20/h1-4,9,18-20H,5-8,10H2/p+2. The van der Waals surface area contributed by atoms with Crippen molar-refractivity contribution in [2.24, 2.45) is 0 Å². The molecule has 1 aromatic carbocycles. The van der Waals surface area contributed by atoms with Gasteiger partial charge < -0.3 is 20.2 Å². The molecule has 114 valence electrons. The summed E-state index contributed by atoms with van der Waals surface area (Å²) >= 11 is 12.1. The third kappa shape index (κ3) is 5.02. The second-order valence-electron chi connectivity index (χ2n) is 4.76. The van der Waals surface area contributed by atoms with Gasteiger partial charge in [-0.2, -0.15) is 0 Å². The third-order valence-electron chi connectivity index (χ3n) is 3.11.